The molecule has 0 saturated heterocycles. The maximum atomic E-state index is 5.56. The van der Waals surface area contributed by atoms with Gasteiger partial charge >= 0.3 is 23.1 Å². The second-order valence-electron chi connectivity index (χ2n) is 11.9. The minimum atomic E-state index is 0. The summed E-state index contributed by atoms with van der Waals surface area (Å²) < 4.78 is 0. The average Bonchev–Trinajstić information content (AvgIpc) is 3.94. The van der Waals surface area contributed by atoms with Crippen molar-refractivity contribution in [1.29, 1.82) is 0 Å². The number of nitrogens with zero attached hydrogens (tertiary/aromatic N) is 4. The monoisotopic (exact) mass is 638 g/mol. The summed E-state index contributed by atoms with van der Waals surface area (Å²) in [5.41, 5.74) is 15.3. The fourth-order valence-corrected chi connectivity index (χ4v) is 6.63. The molecule has 4 aromatic carbocycles. The summed E-state index contributed by atoms with van der Waals surface area (Å²) >= 11 is 0. The first-order valence-corrected chi connectivity index (χ1v) is 16.1. The Balaban J connectivity index is 0.00000149. The van der Waals surface area contributed by atoms with Gasteiger partial charge in [-0.3, -0.25) is 0 Å². The number of hydrogen-bond donors (Lipinski definition) is 0. The molecular formula is C44H30MgN4. The Morgan fingerprint density at radius 3 is 1.41 bits per heavy atom. The van der Waals surface area contributed by atoms with E-state index in [0.29, 0.717) is 0 Å². The Labute approximate surface area is 304 Å². The molecule has 0 amide bonds. The molecule has 5 aliphatic heterocycles. The van der Waals surface area contributed by atoms with E-state index in [-0.39, 0.29) is 25.9 Å². The molecule has 49 heavy (non-hydrogen) atoms. The van der Waals surface area contributed by atoms with E-state index in [1.807, 2.05) is 36.4 Å². The molecule has 0 aromatic heterocycles. The molecule has 0 atom stereocenters. The van der Waals surface area contributed by atoms with Gasteiger partial charge in [0.25, 0.3) is 0 Å². The molecule has 0 spiro atoms. The molecule has 0 saturated carbocycles. The van der Waals surface area contributed by atoms with E-state index < -0.39 is 0 Å². The van der Waals surface area contributed by atoms with Crippen molar-refractivity contribution in [2.45, 2.75) is 0 Å². The number of aliphatic imine (C=N–C) groups is 4. The van der Waals surface area contributed by atoms with Crippen LogP contribution < -0.4 is 0 Å². The molecule has 0 unspecified atom stereocenters. The van der Waals surface area contributed by atoms with Gasteiger partial charge in [0.05, 0.1) is 45.6 Å². The first kappa shape index (κ1) is 30.6. The van der Waals surface area contributed by atoms with Gasteiger partial charge < -0.3 is 2.85 Å². The van der Waals surface area contributed by atoms with Gasteiger partial charge in [0.2, 0.25) is 0 Å². The number of hydrogen-bond acceptors (Lipinski definition) is 4. The van der Waals surface area contributed by atoms with E-state index in [1.54, 1.807) is 0 Å². The van der Waals surface area contributed by atoms with E-state index in [0.717, 1.165) is 90.2 Å². The first-order valence-electron chi connectivity index (χ1n) is 16.1. The molecule has 5 heterocycles. The van der Waals surface area contributed by atoms with Crippen LogP contribution in [-0.2, 0) is 0 Å². The quantitative estimate of drug-likeness (QED) is 0.200. The maximum absolute atomic E-state index is 5.56. The van der Waals surface area contributed by atoms with Gasteiger partial charge in [-0.1, -0.05) is 121 Å². The van der Waals surface area contributed by atoms with Gasteiger partial charge in [-0.15, -0.1) is 0 Å². The number of allylic oxidation sites excluding steroid dienone is 12. The van der Waals surface area contributed by atoms with Crippen LogP contribution in [0.2, 0.25) is 0 Å². The molecule has 0 radical (unpaired) electrons. The van der Waals surface area contributed by atoms with E-state index in [4.69, 9.17) is 20.0 Å². The van der Waals surface area contributed by atoms with Crippen LogP contribution in [0.4, 0.5) is 0 Å². The third-order valence-electron chi connectivity index (χ3n) is 8.75. The van der Waals surface area contributed by atoms with Crippen LogP contribution in [0.1, 0.15) is 25.1 Å². The molecule has 4 aromatic rings. The second kappa shape index (κ2) is 13.0. The molecular weight excluding hydrogens is 609 g/mol. The van der Waals surface area contributed by atoms with Crippen LogP contribution in [-0.4, -0.2) is 45.9 Å². The van der Waals surface area contributed by atoms with E-state index in [9.17, 15) is 0 Å². The Morgan fingerprint density at radius 2 is 0.837 bits per heavy atom. The van der Waals surface area contributed by atoms with Gasteiger partial charge in [0, 0.05) is 22.3 Å². The van der Waals surface area contributed by atoms with Gasteiger partial charge in [0.15, 0.2) is 0 Å². The Bertz CT molecular complexity index is 2390. The SMILES string of the molecule is C1=CC2=NC1=CC1=NC(=C(c3ccccc3)C3=NC(=CC4=NC(=C2)C=C4)C=C3c2ccccc2)C(c2ccccc2)=C1c1ccccc1.[H-].[H-].[Mg+2]. The largest absolute Gasteiger partial charge is 2.00 e. The van der Waals surface area contributed by atoms with Gasteiger partial charge in [-0.05, 0) is 70.9 Å². The van der Waals surface area contributed by atoms with Crippen LogP contribution in [0.3, 0.4) is 0 Å². The molecule has 5 aliphatic rings. The predicted octanol–water partition coefficient (Wildman–Crippen LogP) is 9.53. The third-order valence-corrected chi connectivity index (χ3v) is 8.75. The first-order chi connectivity index (χ1) is 23.8. The van der Waals surface area contributed by atoms with Crippen molar-refractivity contribution in [3.63, 3.8) is 0 Å². The fourth-order valence-electron chi connectivity index (χ4n) is 6.63. The molecule has 0 aliphatic carbocycles. The molecule has 228 valence electrons. The Kier molecular flexibility index (Phi) is 8.13. The smallest absolute Gasteiger partial charge is 1.00 e. The summed E-state index contributed by atoms with van der Waals surface area (Å²) in [7, 11) is 0. The summed E-state index contributed by atoms with van der Waals surface area (Å²) in [5, 5.41) is 0. The van der Waals surface area contributed by atoms with Crippen LogP contribution in [0.15, 0.2) is 213 Å². The zero-order chi connectivity index (χ0) is 31.9. The molecule has 9 rings (SSSR count). The van der Waals surface area contributed by atoms with Crippen molar-refractivity contribution in [3.05, 3.63) is 215 Å². The zero-order valence-corrected chi connectivity index (χ0v) is 28.1. The summed E-state index contributed by atoms with van der Waals surface area (Å²) in [5.74, 6) is 0. The Morgan fingerprint density at radius 1 is 0.367 bits per heavy atom. The topological polar surface area (TPSA) is 49.4 Å². The number of benzene rings is 4. The minimum absolute atomic E-state index is 0. The summed E-state index contributed by atoms with van der Waals surface area (Å²) in [6.45, 7) is 0. The summed E-state index contributed by atoms with van der Waals surface area (Å²) in [6.07, 6.45) is 16.5. The molecule has 0 fully saturated rings. The van der Waals surface area contributed by atoms with Crippen molar-refractivity contribution in [2.24, 2.45) is 20.0 Å². The summed E-state index contributed by atoms with van der Waals surface area (Å²) in [6, 6.07) is 42.1. The van der Waals surface area contributed by atoms with Crippen LogP contribution >= 0.6 is 0 Å². The van der Waals surface area contributed by atoms with Gasteiger partial charge in [-0.25, -0.2) is 20.0 Å². The van der Waals surface area contributed by atoms with Crippen molar-refractivity contribution in [1.82, 2.24) is 0 Å². The van der Waals surface area contributed by atoms with Crippen molar-refractivity contribution in [2.75, 3.05) is 0 Å². The van der Waals surface area contributed by atoms with Gasteiger partial charge in [-0.2, -0.15) is 0 Å². The van der Waals surface area contributed by atoms with Gasteiger partial charge in [0.1, 0.15) is 0 Å². The zero-order valence-electron chi connectivity index (χ0n) is 28.7. The van der Waals surface area contributed by atoms with E-state index in [1.165, 1.54) is 0 Å². The van der Waals surface area contributed by atoms with Crippen molar-refractivity contribution in [3.8, 4) is 0 Å². The standard InChI is InChI=1S/C44H28N4.Mg.2H/c1-5-13-29(14-6-1)38-27-37-26-35-22-21-33(45-35)25-34-23-24-36(46-34)28-39-40(30-15-7-2-8-16-30)41(31-17-9-3-10-18-31)44(48-39)42(43(38)47-37)32-19-11-4-12-20-32;;;/h1-28H;;;/q;+2;2*-1. The van der Waals surface area contributed by atoms with E-state index >= 15 is 0 Å². The minimum Gasteiger partial charge on any atom is -1.00 e. The molecule has 4 nitrogen and oxygen atoms in total. The van der Waals surface area contributed by atoms with Crippen LogP contribution in [0, 0.1) is 0 Å². The summed E-state index contributed by atoms with van der Waals surface area (Å²) in [4.78, 5) is 20.8. The van der Waals surface area contributed by atoms with Crippen LogP contribution in [0.25, 0.3) is 22.3 Å². The third kappa shape index (κ3) is 5.84. The molecule has 0 N–H and O–H groups in total. The van der Waals surface area contributed by atoms with E-state index in [2.05, 4.69) is 133 Å². The Hall–Kier alpha value is -5.75. The van der Waals surface area contributed by atoms with Crippen LogP contribution in [0.5, 0.6) is 0 Å². The normalized spacial score (nSPS) is 17.5. The fraction of sp³-hybridized carbons (Fsp3) is 0. The predicted molar refractivity (Wildman–Crippen MR) is 208 cm³/mol. The maximum Gasteiger partial charge on any atom is 2.00 e. The van der Waals surface area contributed by atoms with Crippen molar-refractivity contribution >= 4 is 68.2 Å². The molecule has 5 heteroatoms. The van der Waals surface area contributed by atoms with Crippen molar-refractivity contribution < 1.29 is 2.85 Å². The number of fused-ring (bicyclic) bond motifs is 4. The second-order valence-corrected chi connectivity index (χ2v) is 11.9. The average molecular weight is 639 g/mol. The molecule has 8 bridgehead atoms. The number of rotatable bonds is 4.